The average molecular weight is 303 g/mol. The maximum Gasteiger partial charge on any atom is 0.418 e. The van der Waals surface area contributed by atoms with Crippen LogP contribution in [0.4, 0.5) is 24.5 Å². The molecule has 1 saturated heterocycles. The van der Waals surface area contributed by atoms with Crippen LogP contribution in [0.3, 0.4) is 0 Å². The minimum atomic E-state index is -4.63. The van der Waals surface area contributed by atoms with Crippen molar-refractivity contribution < 1.29 is 18.1 Å². The number of benzene rings is 1. The van der Waals surface area contributed by atoms with E-state index in [4.69, 9.17) is 0 Å². The molecule has 21 heavy (non-hydrogen) atoms. The number of non-ortho nitro benzene ring substituents is 1. The first-order valence-electron chi connectivity index (χ1n) is 6.71. The van der Waals surface area contributed by atoms with Crippen LogP contribution in [0, 0.1) is 10.1 Å². The molecule has 116 valence electrons. The van der Waals surface area contributed by atoms with E-state index in [0.29, 0.717) is 12.5 Å². The highest BCUT2D eigenvalue weighted by Gasteiger charge is 2.35. The van der Waals surface area contributed by atoms with Crippen LogP contribution in [0.5, 0.6) is 0 Å². The third kappa shape index (κ3) is 4.07. The van der Waals surface area contributed by atoms with Gasteiger partial charge in [-0.05, 0) is 38.4 Å². The van der Waals surface area contributed by atoms with Crippen LogP contribution in [0.2, 0.25) is 0 Å². The summed E-state index contributed by atoms with van der Waals surface area (Å²) in [6.07, 6.45) is -2.26. The van der Waals surface area contributed by atoms with Gasteiger partial charge in [-0.25, -0.2) is 0 Å². The van der Waals surface area contributed by atoms with Gasteiger partial charge >= 0.3 is 6.18 Å². The zero-order chi connectivity index (χ0) is 15.5. The Morgan fingerprint density at radius 3 is 2.71 bits per heavy atom. The molecule has 0 spiro atoms. The number of nitro benzene ring substituents is 1. The Bertz CT molecular complexity index is 512. The molecule has 1 unspecified atom stereocenters. The quantitative estimate of drug-likeness (QED) is 0.665. The summed E-state index contributed by atoms with van der Waals surface area (Å²) in [6, 6.07) is 2.74. The average Bonchev–Trinajstić information content (AvgIpc) is 2.66. The summed E-state index contributed by atoms with van der Waals surface area (Å²) < 4.78 is 39.2. The number of rotatable bonds is 3. The minimum absolute atomic E-state index is 0.0671. The van der Waals surface area contributed by atoms with Crippen molar-refractivity contribution in [2.45, 2.75) is 31.5 Å². The summed E-state index contributed by atoms with van der Waals surface area (Å²) >= 11 is 0. The molecular weight excluding hydrogens is 287 g/mol. The van der Waals surface area contributed by atoms with Crippen LogP contribution < -0.4 is 10.6 Å². The minimum Gasteiger partial charge on any atom is -0.382 e. The molecule has 1 fully saturated rings. The monoisotopic (exact) mass is 303 g/mol. The first-order chi connectivity index (χ1) is 9.88. The molecule has 5 nitrogen and oxygen atoms in total. The fraction of sp³-hybridized carbons (Fsp3) is 0.538. The lowest BCUT2D eigenvalue weighted by atomic mass is 10.1. The Balaban J connectivity index is 2.27. The summed E-state index contributed by atoms with van der Waals surface area (Å²) in [6.45, 7) is 1.59. The van der Waals surface area contributed by atoms with E-state index in [-0.39, 0.29) is 11.7 Å². The topological polar surface area (TPSA) is 67.2 Å². The second-order valence-electron chi connectivity index (χ2n) is 5.01. The third-order valence-corrected chi connectivity index (χ3v) is 3.45. The molecular formula is C13H16F3N3O2. The van der Waals surface area contributed by atoms with Crippen molar-refractivity contribution >= 4 is 11.4 Å². The Kier molecular flexibility index (Phi) is 4.66. The van der Waals surface area contributed by atoms with Crippen LogP contribution in [-0.2, 0) is 6.18 Å². The van der Waals surface area contributed by atoms with Gasteiger partial charge in [0, 0.05) is 23.9 Å². The largest absolute Gasteiger partial charge is 0.418 e. The van der Waals surface area contributed by atoms with Crippen molar-refractivity contribution in [3.05, 3.63) is 33.9 Å². The molecule has 0 saturated carbocycles. The SMILES string of the molecule is O=[N+]([O-])c1ccc(NC2CCCNCC2)c(C(F)(F)F)c1. The fourth-order valence-corrected chi connectivity index (χ4v) is 2.39. The lowest BCUT2D eigenvalue weighted by Crippen LogP contribution is -2.23. The molecule has 0 radical (unpaired) electrons. The van der Waals surface area contributed by atoms with Gasteiger partial charge in [-0.1, -0.05) is 0 Å². The first kappa shape index (κ1) is 15.6. The maximum absolute atomic E-state index is 13.1. The highest BCUT2D eigenvalue weighted by molar-refractivity contribution is 5.57. The summed E-state index contributed by atoms with van der Waals surface area (Å²) in [4.78, 5) is 9.81. The van der Waals surface area contributed by atoms with Crippen molar-refractivity contribution in [3.8, 4) is 0 Å². The standard InChI is InChI=1S/C13H16F3N3O2/c14-13(15,16)11-8-10(19(20)21)3-4-12(11)18-9-2-1-6-17-7-5-9/h3-4,8-9,17-18H,1-2,5-7H2. The molecule has 1 atom stereocenters. The van der Waals surface area contributed by atoms with Crippen molar-refractivity contribution in [1.82, 2.24) is 5.32 Å². The van der Waals surface area contributed by atoms with Gasteiger partial charge in [0.1, 0.15) is 0 Å². The van der Waals surface area contributed by atoms with Crippen molar-refractivity contribution in [3.63, 3.8) is 0 Å². The number of alkyl halides is 3. The van der Waals surface area contributed by atoms with Gasteiger partial charge in [0.05, 0.1) is 10.5 Å². The lowest BCUT2D eigenvalue weighted by molar-refractivity contribution is -0.385. The summed E-state index contributed by atoms with van der Waals surface area (Å²) in [5.74, 6) is 0. The van der Waals surface area contributed by atoms with Crippen molar-refractivity contribution in [2.75, 3.05) is 18.4 Å². The van der Waals surface area contributed by atoms with Gasteiger partial charge in [0.2, 0.25) is 0 Å². The Morgan fingerprint density at radius 2 is 2.05 bits per heavy atom. The Labute approximate surface area is 119 Å². The van der Waals surface area contributed by atoms with E-state index in [1.165, 1.54) is 0 Å². The van der Waals surface area contributed by atoms with Crippen LogP contribution in [0.25, 0.3) is 0 Å². The predicted octanol–water partition coefficient (Wildman–Crippen LogP) is 3.17. The van der Waals surface area contributed by atoms with Gasteiger partial charge in [0.15, 0.2) is 0 Å². The highest BCUT2D eigenvalue weighted by atomic mass is 19.4. The zero-order valence-corrected chi connectivity index (χ0v) is 11.2. The molecule has 1 aliphatic rings. The molecule has 0 aromatic heterocycles. The molecule has 2 rings (SSSR count). The van der Waals surface area contributed by atoms with Crippen LogP contribution >= 0.6 is 0 Å². The first-order valence-corrected chi connectivity index (χ1v) is 6.71. The summed E-state index contributed by atoms with van der Waals surface area (Å²) in [7, 11) is 0. The fourth-order valence-electron chi connectivity index (χ4n) is 2.39. The van der Waals surface area contributed by atoms with Crippen LogP contribution in [-0.4, -0.2) is 24.1 Å². The van der Waals surface area contributed by atoms with Gasteiger partial charge in [0.25, 0.3) is 5.69 Å². The molecule has 1 aromatic carbocycles. The number of anilines is 1. The number of nitrogens with one attached hydrogen (secondary N) is 2. The Hall–Kier alpha value is -1.83. The number of hydrogen-bond acceptors (Lipinski definition) is 4. The number of hydrogen-bond donors (Lipinski definition) is 2. The van der Waals surface area contributed by atoms with Gasteiger partial charge < -0.3 is 10.6 Å². The summed E-state index contributed by atoms with van der Waals surface area (Å²) in [5.41, 5.74) is -1.65. The highest BCUT2D eigenvalue weighted by Crippen LogP contribution is 2.37. The molecule has 1 aliphatic heterocycles. The number of nitro groups is 1. The van der Waals surface area contributed by atoms with Gasteiger partial charge in [-0.2, -0.15) is 13.2 Å². The second kappa shape index (κ2) is 6.30. The van der Waals surface area contributed by atoms with Crippen molar-refractivity contribution in [2.24, 2.45) is 0 Å². The normalized spacial score (nSPS) is 19.9. The molecule has 8 heteroatoms. The van der Waals surface area contributed by atoms with E-state index in [1.54, 1.807) is 0 Å². The van der Waals surface area contributed by atoms with E-state index >= 15 is 0 Å². The smallest absolute Gasteiger partial charge is 0.382 e. The van der Waals surface area contributed by atoms with Gasteiger partial charge in [-0.3, -0.25) is 10.1 Å². The second-order valence-corrected chi connectivity index (χ2v) is 5.01. The summed E-state index contributed by atoms with van der Waals surface area (Å²) in [5, 5.41) is 16.7. The number of nitrogens with zero attached hydrogens (tertiary/aromatic N) is 1. The molecule has 0 bridgehead atoms. The van der Waals surface area contributed by atoms with E-state index < -0.39 is 22.4 Å². The van der Waals surface area contributed by atoms with Gasteiger partial charge in [-0.15, -0.1) is 0 Å². The molecule has 2 N–H and O–H groups in total. The molecule has 0 aliphatic carbocycles. The van der Waals surface area contributed by atoms with E-state index in [9.17, 15) is 23.3 Å². The van der Waals surface area contributed by atoms with E-state index in [2.05, 4.69) is 10.6 Å². The molecule has 0 amide bonds. The maximum atomic E-state index is 13.1. The van der Waals surface area contributed by atoms with Crippen molar-refractivity contribution in [1.29, 1.82) is 0 Å². The molecule has 1 aromatic rings. The van der Waals surface area contributed by atoms with E-state index in [1.807, 2.05) is 0 Å². The van der Waals surface area contributed by atoms with Crippen LogP contribution in [0.15, 0.2) is 18.2 Å². The zero-order valence-electron chi connectivity index (χ0n) is 11.2. The Morgan fingerprint density at radius 1 is 1.29 bits per heavy atom. The van der Waals surface area contributed by atoms with E-state index in [0.717, 1.165) is 38.1 Å². The number of halogens is 3. The lowest BCUT2D eigenvalue weighted by Gasteiger charge is -2.20. The van der Waals surface area contributed by atoms with Crippen LogP contribution in [0.1, 0.15) is 24.8 Å². The molecule has 1 heterocycles. The predicted molar refractivity (Wildman–Crippen MR) is 72.2 cm³/mol. The third-order valence-electron chi connectivity index (χ3n) is 3.45.